The number of anilines is 1. The van der Waals surface area contributed by atoms with Gasteiger partial charge in [0.25, 0.3) is 5.91 Å². The van der Waals surface area contributed by atoms with Crippen LogP contribution in [-0.2, 0) is 6.54 Å². The van der Waals surface area contributed by atoms with Crippen LogP contribution in [0.4, 0.5) is 5.69 Å². The Morgan fingerprint density at radius 1 is 1.10 bits per heavy atom. The fourth-order valence-electron chi connectivity index (χ4n) is 4.18. The second-order valence-electron chi connectivity index (χ2n) is 7.80. The Balaban J connectivity index is 1.58. The number of ether oxygens (including phenoxy) is 1. The van der Waals surface area contributed by atoms with E-state index in [9.17, 15) is 4.79 Å². The van der Waals surface area contributed by atoms with Crippen LogP contribution in [0.15, 0.2) is 66.0 Å². The van der Waals surface area contributed by atoms with Gasteiger partial charge >= 0.3 is 0 Å². The fourth-order valence-corrected chi connectivity index (χ4v) is 4.93. The first kappa shape index (κ1) is 20.6. The molecular weight excluding hydrogens is 392 g/mol. The largest absolute Gasteiger partial charge is 0.496 e. The van der Waals surface area contributed by atoms with Crippen LogP contribution >= 0.6 is 11.3 Å². The molecule has 1 amide bonds. The lowest BCUT2D eigenvalue weighted by Crippen LogP contribution is -2.47. The minimum atomic E-state index is 0.00903. The average Bonchev–Trinajstić information content (AvgIpc) is 3.28. The number of piperidine rings is 1. The van der Waals surface area contributed by atoms with Crippen LogP contribution in [0.25, 0.3) is 0 Å². The van der Waals surface area contributed by atoms with Crippen molar-refractivity contribution >= 4 is 22.9 Å². The predicted octanol–water partition coefficient (Wildman–Crippen LogP) is 5.38. The van der Waals surface area contributed by atoms with E-state index < -0.39 is 0 Å². The van der Waals surface area contributed by atoms with Crippen molar-refractivity contribution in [3.8, 4) is 5.75 Å². The third kappa shape index (κ3) is 4.58. The Morgan fingerprint density at radius 3 is 2.60 bits per heavy atom. The number of nitrogens with zero attached hydrogens (tertiary/aromatic N) is 2. The number of carbonyl (C=O) groups excluding carboxylic acids is 1. The van der Waals surface area contributed by atoms with Gasteiger partial charge in [-0.05, 0) is 61.0 Å². The molecule has 1 aliphatic heterocycles. The van der Waals surface area contributed by atoms with Crippen molar-refractivity contribution in [1.29, 1.82) is 0 Å². The molecule has 1 fully saturated rings. The van der Waals surface area contributed by atoms with Crippen LogP contribution in [-0.4, -0.2) is 37.0 Å². The number of hydrogen-bond acceptors (Lipinski definition) is 4. The third-order valence-electron chi connectivity index (χ3n) is 5.72. The van der Waals surface area contributed by atoms with Crippen molar-refractivity contribution in [2.75, 3.05) is 25.1 Å². The second-order valence-corrected chi connectivity index (χ2v) is 8.83. The Bertz CT molecular complexity index is 978. The van der Waals surface area contributed by atoms with E-state index in [0.717, 1.165) is 43.7 Å². The number of aryl methyl sites for hydroxylation is 1. The topological polar surface area (TPSA) is 32.8 Å². The average molecular weight is 421 g/mol. The molecule has 2 heterocycles. The summed E-state index contributed by atoms with van der Waals surface area (Å²) in [4.78, 5) is 19.6. The lowest BCUT2D eigenvalue weighted by molar-refractivity contribution is 0.0956. The molecule has 30 heavy (non-hydrogen) atoms. The quantitative estimate of drug-likeness (QED) is 0.537. The Labute approximate surface area is 182 Å². The summed E-state index contributed by atoms with van der Waals surface area (Å²) in [6, 6.07) is 20.2. The first-order valence-corrected chi connectivity index (χ1v) is 11.3. The van der Waals surface area contributed by atoms with E-state index in [1.807, 2.05) is 52.6 Å². The molecule has 5 heteroatoms. The molecule has 0 bridgehead atoms. The van der Waals surface area contributed by atoms with E-state index in [2.05, 4.69) is 41.5 Å². The van der Waals surface area contributed by atoms with Crippen molar-refractivity contribution in [2.24, 2.45) is 0 Å². The minimum Gasteiger partial charge on any atom is -0.496 e. The molecule has 0 N–H and O–H groups in total. The van der Waals surface area contributed by atoms with Crippen molar-refractivity contribution in [3.63, 3.8) is 0 Å². The van der Waals surface area contributed by atoms with E-state index in [0.29, 0.717) is 11.3 Å². The fraction of sp³-hybridized carbons (Fsp3) is 0.320. The van der Waals surface area contributed by atoms with Crippen molar-refractivity contribution in [3.05, 3.63) is 82.0 Å². The molecule has 4 rings (SSSR count). The van der Waals surface area contributed by atoms with E-state index in [4.69, 9.17) is 4.74 Å². The van der Waals surface area contributed by atoms with Crippen LogP contribution in [0, 0.1) is 6.92 Å². The van der Waals surface area contributed by atoms with Gasteiger partial charge in [0.15, 0.2) is 0 Å². The molecule has 3 aromatic rings. The van der Waals surface area contributed by atoms with Crippen LogP contribution in [0.3, 0.4) is 0 Å². The maximum Gasteiger partial charge on any atom is 0.262 e. The molecule has 4 nitrogen and oxygen atoms in total. The summed E-state index contributed by atoms with van der Waals surface area (Å²) in [7, 11) is 1.62. The molecule has 0 aliphatic carbocycles. The van der Waals surface area contributed by atoms with Gasteiger partial charge in [-0.15, -0.1) is 11.3 Å². The molecule has 1 aliphatic rings. The molecule has 2 aromatic carbocycles. The monoisotopic (exact) mass is 420 g/mol. The maximum absolute atomic E-state index is 13.7. The lowest BCUT2D eigenvalue weighted by Gasteiger charge is -2.38. The molecule has 0 spiro atoms. The molecule has 0 unspecified atom stereocenters. The van der Waals surface area contributed by atoms with E-state index in [-0.39, 0.29) is 11.9 Å². The zero-order valence-corrected chi connectivity index (χ0v) is 18.4. The summed E-state index contributed by atoms with van der Waals surface area (Å²) in [5, 5.41) is 2.13. The summed E-state index contributed by atoms with van der Waals surface area (Å²) in [5.41, 5.74) is 2.73. The molecule has 1 aromatic heterocycles. The highest BCUT2D eigenvalue weighted by atomic mass is 32.1. The molecule has 1 saturated heterocycles. The maximum atomic E-state index is 13.7. The number of thiophene rings is 1. The minimum absolute atomic E-state index is 0.00903. The standard InChI is InChI=1S/C25H28N2O2S/c1-19-7-5-8-21(17-19)27(25(28)23-10-3-4-11-24(23)29-2)20-12-14-26(15-13-20)18-22-9-6-16-30-22/h3-11,16-17,20H,12-15,18H2,1-2H3. The van der Waals surface area contributed by atoms with E-state index in [1.165, 1.54) is 4.88 Å². The number of carbonyl (C=O) groups is 1. The Morgan fingerprint density at radius 2 is 1.90 bits per heavy atom. The van der Waals surface area contributed by atoms with Gasteiger partial charge < -0.3 is 9.64 Å². The highest BCUT2D eigenvalue weighted by Gasteiger charge is 2.31. The van der Waals surface area contributed by atoms with Crippen LogP contribution in [0.2, 0.25) is 0 Å². The molecule has 0 saturated carbocycles. The van der Waals surface area contributed by atoms with Crippen molar-refractivity contribution in [2.45, 2.75) is 32.4 Å². The number of rotatable bonds is 6. The third-order valence-corrected chi connectivity index (χ3v) is 6.58. The highest BCUT2D eigenvalue weighted by molar-refractivity contribution is 7.09. The smallest absolute Gasteiger partial charge is 0.262 e. The molecule has 156 valence electrons. The first-order chi connectivity index (χ1) is 14.7. The van der Waals surface area contributed by atoms with Gasteiger partial charge in [-0.2, -0.15) is 0 Å². The van der Waals surface area contributed by atoms with Crippen LogP contribution in [0.5, 0.6) is 5.75 Å². The van der Waals surface area contributed by atoms with Gasteiger partial charge in [0.05, 0.1) is 12.7 Å². The number of amides is 1. The van der Waals surface area contributed by atoms with Crippen LogP contribution < -0.4 is 9.64 Å². The van der Waals surface area contributed by atoms with Crippen molar-refractivity contribution < 1.29 is 9.53 Å². The normalized spacial score (nSPS) is 15.1. The number of benzene rings is 2. The molecule has 0 radical (unpaired) electrons. The summed E-state index contributed by atoms with van der Waals surface area (Å²) in [6.45, 7) is 5.04. The second kappa shape index (κ2) is 9.45. The van der Waals surface area contributed by atoms with Gasteiger partial charge in [-0.1, -0.05) is 30.3 Å². The van der Waals surface area contributed by atoms with E-state index >= 15 is 0 Å². The summed E-state index contributed by atoms with van der Waals surface area (Å²) in [6.07, 6.45) is 1.92. The van der Waals surface area contributed by atoms with Gasteiger partial charge in [0.2, 0.25) is 0 Å². The number of hydrogen-bond donors (Lipinski definition) is 0. The molecule has 0 atom stereocenters. The lowest BCUT2D eigenvalue weighted by atomic mass is 10.00. The molecular formula is C25H28N2O2S. The summed E-state index contributed by atoms with van der Waals surface area (Å²) >= 11 is 1.81. The highest BCUT2D eigenvalue weighted by Crippen LogP contribution is 2.30. The van der Waals surface area contributed by atoms with Gasteiger partial charge in [0.1, 0.15) is 5.75 Å². The predicted molar refractivity (Wildman–Crippen MR) is 124 cm³/mol. The van der Waals surface area contributed by atoms with Gasteiger partial charge in [-0.3, -0.25) is 9.69 Å². The number of methoxy groups -OCH3 is 1. The van der Waals surface area contributed by atoms with Crippen molar-refractivity contribution in [1.82, 2.24) is 4.90 Å². The number of para-hydroxylation sites is 1. The summed E-state index contributed by atoms with van der Waals surface area (Å²) < 4.78 is 5.48. The Hall–Kier alpha value is -2.63. The van der Waals surface area contributed by atoms with E-state index in [1.54, 1.807) is 7.11 Å². The number of likely N-dealkylation sites (tertiary alicyclic amines) is 1. The van der Waals surface area contributed by atoms with Gasteiger partial charge in [0, 0.05) is 36.2 Å². The Kier molecular flexibility index (Phi) is 6.50. The summed E-state index contributed by atoms with van der Waals surface area (Å²) in [5.74, 6) is 0.630. The zero-order valence-electron chi connectivity index (χ0n) is 17.6. The zero-order chi connectivity index (χ0) is 20.9. The SMILES string of the molecule is COc1ccccc1C(=O)N(c1cccc(C)c1)C1CCN(Cc2cccs2)CC1. The first-order valence-electron chi connectivity index (χ1n) is 10.4. The van der Waals surface area contributed by atoms with Gasteiger partial charge in [-0.25, -0.2) is 0 Å². The van der Waals surface area contributed by atoms with Crippen LogP contribution in [0.1, 0.15) is 33.6 Å².